The van der Waals surface area contributed by atoms with Gasteiger partial charge in [0, 0.05) is 41.4 Å². The van der Waals surface area contributed by atoms with E-state index in [1.54, 1.807) is 12.3 Å². The Hall–Kier alpha value is -3.18. The Labute approximate surface area is 191 Å². The van der Waals surface area contributed by atoms with E-state index in [-0.39, 0.29) is 18.0 Å². The van der Waals surface area contributed by atoms with E-state index in [4.69, 9.17) is 16.7 Å². The van der Waals surface area contributed by atoms with E-state index >= 15 is 0 Å². The molecule has 32 heavy (non-hydrogen) atoms. The number of rotatable bonds is 2. The highest BCUT2D eigenvalue weighted by molar-refractivity contribution is 6.35. The SMILES string of the molecule is Cn1nc2c(c1-c1ccccc1)CC1CCCC2N1C(=O)c1ccc2nccc(Cl)c2c1. The van der Waals surface area contributed by atoms with Gasteiger partial charge in [0.15, 0.2) is 0 Å². The molecule has 2 aromatic carbocycles. The van der Waals surface area contributed by atoms with Crippen LogP contribution < -0.4 is 0 Å². The number of amides is 1. The second-order valence-electron chi connectivity index (χ2n) is 8.74. The summed E-state index contributed by atoms with van der Waals surface area (Å²) in [5, 5.41) is 6.36. The van der Waals surface area contributed by atoms with Gasteiger partial charge in [-0.2, -0.15) is 5.10 Å². The molecule has 1 saturated heterocycles. The Bertz CT molecular complexity index is 1350. The van der Waals surface area contributed by atoms with Gasteiger partial charge in [-0.1, -0.05) is 41.9 Å². The summed E-state index contributed by atoms with van der Waals surface area (Å²) in [5.74, 6) is 0.0547. The zero-order valence-electron chi connectivity index (χ0n) is 17.8. The third-order valence-corrected chi connectivity index (χ3v) is 7.22. The lowest BCUT2D eigenvalue weighted by molar-refractivity contribution is 0.0392. The number of benzene rings is 2. The van der Waals surface area contributed by atoms with Crippen LogP contribution in [0.3, 0.4) is 0 Å². The normalized spacial score (nSPS) is 19.8. The first kappa shape index (κ1) is 19.5. The summed E-state index contributed by atoms with van der Waals surface area (Å²) in [7, 11) is 2.01. The zero-order valence-corrected chi connectivity index (χ0v) is 18.6. The Morgan fingerprint density at radius 3 is 2.78 bits per heavy atom. The molecule has 2 aliphatic rings. The molecule has 2 atom stereocenters. The maximum Gasteiger partial charge on any atom is 0.254 e. The molecule has 6 heteroatoms. The molecule has 0 N–H and O–H groups in total. The predicted octanol–water partition coefficient (Wildman–Crippen LogP) is 5.58. The maximum absolute atomic E-state index is 13.8. The fraction of sp³-hybridized carbons (Fsp3) is 0.269. The maximum atomic E-state index is 13.8. The molecule has 4 aromatic rings. The fourth-order valence-corrected chi connectivity index (χ4v) is 5.71. The Morgan fingerprint density at radius 2 is 1.94 bits per heavy atom. The van der Waals surface area contributed by atoms with Crippen LogP contribution in [0.4, 0.5) is 0 Å². The van der Waals surface area contributed by atoms with Crippen molar-refractivity contribution in [2.24, 2.45) is 7.05 Å². The van der Waals surface area contributed by atoms with Gasteiger partial charge < -0.3 is 4.90 Å². The number of piperidine rings is 1. The van der Waals surface area contributed by atoms with E-state index in [0.29, 0.717) is 10.6 Å². The second-order valence-corrected chi connectivity index (χ2v) is 9.15. The highest BCUT2D eigenvalue weighted by Crippen LogP contribution is 2.45. The van der Waals surface area contributed by atoms with Crippen LogP contribution >= 0.6 is 11.6 Å². The molecule has 5 nitrogen and oxygen atoms in total. The van der Waals surface area contributed by atoms with E-state index in [1.807, 2.05) is 36.0 Å². The van der Waals surface area contributed by atoms with Gasteiger partial charge in [-0.15, -0.1) is 0 Å². The summed E-state index contributed by atoms with van der Waals surface area (Å²) in [6, 6.07) is 18.0. The van der Waals surface area contributed by atoms with Crippen molar-refractivity contribution in [2.45, 2.75) is 37.8 Å². The Kier molecular flexibility index (Phi) is 4.54. The summed E-state index contributed by atoms with van der Waals surface area (Å²) in [6.07, 6.45) is 5.60. The van der Waals surface area contributed by atoms with Crippen molar-refractivity contribution in [2.75, 3.05) is 0 Å². The van der Waals surface area contributed by atoms with Crippen molar-refractivity contribution in [1.29, 1.82) is 0 Å². The van der Waals surface area contributed by atoms with Gasteiger partial charge in [-0.3, -0.25) is 14.5 Å². The lowest BCUT2D eigenvalue weighted by Gasteiger charge is -2.45. The summed E-state index contributed by atoms with van der Waals surface area (Å²) in [4.78, 5) is 20.2. The van der Waals surface area contributed by atoms with Crippen LogP contribution in [0.2, 0.25) is 5.02 Å². The van der Waals surface area contributed by atoms with Crippen LogP contribution in [0.1, 0.15) is 46.9 Å². The molecule has 0 aliphatic carbocycles. The lowest BCUT2D eigenvalue weighted by atomic mass is 9.81. The number of carbonyl (C=O) groups is 1. The first-order chi connectivity index (χ1) is 15.6. The van der Waals surface area contributed by atoms with Gasteiger partial charge in [0.25, 0.3) is 5.91 Å². The number of aryl methyl sites for hydroxylation is 1. The van der Waals surface area contributed by atoms with E-state index < -0.39 is 0 Å². The predicted molar refractivity (Wildman–Crippen MR) is 126 cm³/mol. The van der Waals surface area contributed by atoms with Gasteiger partial charge in [-0.25, -0.2) is 0 Å². The molecular formula is C26H23ClN4O. The molecule has 160 valence electrons. The molecule has 2 aliphatic heterocycles. The van der Waals surface area contributed by atoms with Gasteiger partial charge >= 0.3 is 0 Å². The molecule has 4 heterocycles. The zero-order chi connectivity index (χ0) is 21.8. The molecular weight excluding hydrogens is 420 g/mol. The number of aromatic nitrogens is 3. The summed E-state index contributed by atoms with van der Waals surface area (Å²) < 4.78 is 1.99. The Morgan fingerprint density at radius 1 is 1.09 bits per heavy atom. The van der Waals surface area contributed by atoms with Crippen LogP contribution in [-0.2, 0) is 13.5 Å². The Balaban J connectivity index is 1.43. The first-order valence-electron chi connectivity index (χ1n) is 11.1. The second kappa shape index (κ2) is 7.45. The quantitative estimate of drug-likeness (QED) is 0.407. The van der Waals surface area contributed by atoms with Crippen molar-refractivity contribution in [3.05, 3.63) is 82.6 Å². The number of nitrogens with zero attached hydrogens (tertiary/aromatic N) is 4. The summed E-state index contributed by atoms with van der Waals surface area (Å²) in [5.41, 5.74) is 6.16. The molecule has 2 unspecified atom stereocenters. The minimum atomic E-state index is 0.00808. The largest absolute Gasteiger partial charge is 0.327 e. The van der Waals surface area contributed by atoms with Crippen molar-refractivity contribution < 1.29 is 4.79 Å². The highest BCUT2D eigenvalue weighted by atomic mass is 35.5. The number of fused-ring (bicyclic) bond motifs is 5. The van der Waals surface area contributed by atoms with Gasteiger partial charge in [0.05, 0.1) is 28.0 Å². The van der Waals surface area contributed by atoms with Crippen molar-refractivity contribution in [1.82, 2.24) is 19.7 Å². The van der Waals surface area contributed by atoms with Crippen LogP contribution in [0.15, 0.2) is 60.8 Å². The average Bonchev–Trinajstić information content (AvgIpc) is 3.14. The molecule has 6 rings (SSSR count). The number of carbonyl (C=O) groups excluding carboxylic acids is 1. The van der Waals surface area contributed by atoms with Gasteiger partial charge in [0.2, 0.25) is 0 Å². The molecule has 2 bridgehead atoms. The standard InChI is InChI=1S/C26H23ClN4O/c1-30-25(16-6-3-2-4-7-16)20-15-18-8-5-9-23(24(20)29-30)31(18)26(32)17-10-11-22-19(14-17)21(27)12-13-28-22/h2-4,6-7,10-14,18,23H,5,8-9,15H2,1H3. The van der Waals surface area contributed by atoms with Crippen molar-refractivity contribution in [3.8, 4) is 11.3 Å². The van der Waals surface area contributed by atoms with E-state index in [2.05, 4.69) is 34.1 Å². The average molecular weight is 443 g/mol. The van der Waals surface area contributed by atoms with E-state index in [1.165, 1.54) is 16.8 Å². The topological polar surface area (TPSA) is 51.0 Å². The molecule has 1 fully saturated rings. The third kappa shape index (κ3) is 2.95. The van der Waals surface area contributed by atoms with E-state index in [0.717, 1.165) is 42.3 Å². The number of pyridine rings is 1. The number of hydrogen-bond donors (Lipinski definition) is 0. The molecule has 0 saturated carbocycles. The fourth-order valence-electron chi connectivity index (χ4n) is 5.50. The molecule has 2 aromatic heterocycles. The molecule has 0 radical (unpaired) electrons. The highest BCUT2D eigenvalue weighted by Gasteiger charge is 2.43. The smallest absolute Gasteiger partial charge is 0.254 e. The van der Waals surface area contributed by atoms with Crippen LogP contribution in [0.25, 0.3) is 22.2 Å². The van der Waals surface area contributed by atoms with Crippen LogP contribution in [0, 0.1) is 0 Å². The van der Waals surface area contributed by atoms with E-state index in [9.17, 15) is 4.79 Å². The molecule has 0 spiro atoms. The van der Waals surface area contributed by atoms with Crippen molar-refractivity contribution in [3.63, 3.8) is 0 Å². The number of hydrogen-bond acceptors (Lipinski definition) is 3. The minimum Gasteiger partial charge on any atom is -0.327 e. The molecule has 1 amide bonds. The number of halogens is 1. The lowest BCUT2D eigenvalue weighted by Crippen LogP contribution is -2.49. The summed E-state index contributed by atoms with van der Waals surface area (Å²) in [6.45, 7) is 0. The van der Waals surface area contributed by atoms with Crippen LogP contribution in [0.5, 0.6) is 0 Å². The monoisotopic (exact) mass is 442 g/mol. The van der Waals surface area contributed by atoms with Crippen LogP contribution in [-0.4, -0.2) is 31.6 Å². The third-order valence-electron chi connectivity index (χ3n) is 6.89. The van der Waals surface area contributed by atoms with Gasteiger partial charge in [0.1, 0.15) is 0 Å². The van der Waals surface area contributed by atoms with Gasteiger partial charge in [-0.05, 0) is 49.9 Å². The first-order valence-corrected chi connectivity index (χ1v) is 11.5. The van der Waals surface area contributed by atoms with Crippen molar-refractivity contribution >= 4 is 28.4 Å². The summed E-state index contributed by atoms with van der Waals surface area (Å²) >= 11 is 6.38. The minimum absolute atomic E-state index is 0.00808.